The summed E-state index contributed by atoms with van der Waals surface area (Å²) in [4.78, 5) is 16.1. The molecule has 1 aromatic carbocycles. The number of halogens is 1. The number of carbonyl (C=O) groups excluding carboxylic acids is 1. The molecule has 3 N–H and O–H groups in total. The number of aromatic nitrogens is 1. The second kappa shape index (κ2) is 6.19. The van der Waals surface area contributed by atoms with E-state index in [-0.39, 0.29) is 23.7 Å². The number of nitrogens with two attached hydrogens (primary N) is 1. The Morgan fingerprint density at radius 1 is 1.35 bits per heavy atom. The molecule has 0 saturated carbocycles. The van der Waals surface area contributed by atoms with Crippen molar-refractivity contribution in [1.29, 1.82) is 0 Å². The molecule has 2 unspecified atom stereocenters. The monoisotopic (exact) mass is 337 g/mol. The molecule has 2 atom stereocenters. The molecule has 1 heterocycles. The van der Waals surface area contributed by atoms with Crippen LogP contribution in [0.1, 0.15) is 47.9 Å². The molecular weight excluding hydrogens is 322 g/mol. The van der Waals surface area contributed by atoms with Crippen molar-refractivity contribution in [3.63, 3.8) is 0 Å². The number of hydrogen-bond donors (Lipinski definition) is 2. The van der Waals surface area contributed by atoms with Gasteiger partial charge in [-0.05, 0) is 31.5 Å². The molecule has 0 aliphatic heterocycles. The maximum atomic E-state index is 12.0. The SMILES string of the molecule is CC(N)c1nc(C(=O)NC(C)c2ccc(Br)cc2)co1. The Morgan fingerprint density at radius 2 is 2.00 bits per heavy atom. The smallest absolute Gasteiger partial charge is 0.273 e. The Labute approximate surface area is 125 Å². The number of rotatable bonds is 4. The van der Waals surface area contributed by atoms with Gasteiger partial charge in [0.2, 0.25) is 5.89 Å². The highest BCUT2D eigenvalue weighted by atomic mass is 79.9. The van der Waals surface area contributed by atoms with Crippen LogP contribution in [0.25, 0.3) is 0 Å². The molecule has 0 aliphatic carbocycles. The number of carbonyl (C=O) groups is 1. The summed E-state index contributed by atoms with van der Waals surface area (Å²) in [6.07, 6.45) is 1.32. The van der Waals surface area contributed by atoms with E-state index in [1.165, 1.54) is 6.26 Å². The van der Waals surface area contributed by atoms with Crippen molar-refractivity contribution in [3.8, 4) is 0 Å². The zero-order valence-electron chi connectivity index (χ0n) is 11.3. The minimum absolute atomic E-state index is 0.119. The molecular formula is C14H16BrN3O2. The molecule has 6 heteroatoms. The highest BCUT2D eigenvalue weighted by Gasteiger charge is 2.16. The van der Waals surface area contributed by atoms with Crippen molar-refractivity contribution in [3.05, 3.63) is 52.1 Å². The van der Waals surface area contributed by atoms with Crippen LogP contribution in [-0.4, -0.2) is 10.9 Å². The van der Waals surface area contributed by atoms with Gasteiger partial charge in [-0.1, -0.05) is 28.1 Å². The molecule has 0 spiro atoms. The summed E-state index contributed by atoms with van der Waals surface area (Å²) in [5, 5.41) is 2.87. The number of nitrogens with zero attached hydrogens (tertiary/aromatic N) is 1. The highest BCUT2D eigenvalue weighted by molar-refractivity contribution is 9.10. The summed E-state index contributed by atoms with van der Waals surface area (Å²) >= 11 is 3.38. The average Bonchev–Trinajstić information content (AvgIpc) is 2.89. The van der Waals surface area contributed by atoms with Crippen molar-refractivity contribution in [2.45, 2.75) is 25.9 Å². The number of nitrogens with one attached hydrogen (secondary N) is 1. The van der Waals surface area contributed by atoms with Crippen LogP contribution in [0.3, 0.4) is 0 Å². The second-order valence-electron chi connectivity index (χ2n) is 4.61. The molecule has 20 heavy (non-hydrogen) atoms. The lowest BCUT2D eigenvalue weighted by Crippen LogP contribution is -2.27. The number of amides is 1. The van der Waals surface area contributed by atoms with Gasteiger partial charge in [-0.2, -0.15) is 0 Å². The van der Waals surface area contributed by atoms with E-state index in [0.29, 0.717) is 5.89 Å². The Kier molecular flexibility index (Phi) is 4.57. The first kappa shape index (κ1) is 14.7. The quantitative estimate of drug-likeness (QED) is 0.898. The first-order valence-corrected chi connectivity index (χ1v) is 7.04. The van der Waals surface area contributed by atoms with Crippen LogP contribution in [0.4, 0.5) is 0 Å². The van der Waals surface area contributed by atoms with E-state index < -0.39 is 0 Å². The summed E-state index contributed by atoms with van der Waals surface area (Å²) < 4.78 is 6.15. The van der Waals surface area contributed by atoms with Crippen molar-refractivity contribution >= 4 is 21.8 Å². The predicted octanol–water partition coefficient (Wildman–Crippen LogP) is 2.95. The van der Waals surface area contributed by atoms with Crippen LogP contribution >= 0.6 is 15.9 Å². The fourth-order valence-electron chi connectivity index (χ4n) is 1.71. The van der Waals surface area contributed by atoms with Gasteiger partial charge in [0.05, 0.1) is 12.1 Å². The van der Waals surface area contributed by atoms with Crippen LogP contribution in [0, 0.1) is 0 Å². The van der Waals surface area contributed by atoms with Gasteiger partial charge in [0.25, 0.3) is 5.91 Å². The largest absolute Gasteiger partial charge is 0.446 e. The molecule has 0 saturated heterocycles. The lowest BCUT2D eigenvalue weighted by Gasteiger charge is -2.13. The van der Waals surface area contributed by atoms with Gasteiger partial charge in [-0.15, -0.1) is 0 Å². The fraction of sp³-hybridized carbons (Fsp3) is 0.286. The normalized spacial score (nSPS) is 13.8. The van der Waals surface area contributed by atoms with Crippen molar-refractivity contribution in [2.24, 2.45) is 5.73 Å². The van der Waals surface area contributed by atoms with E-state index in [1.54, 1.807) is 6.92 Å². The van der Waals surface area contributed by atoms with Crippen LogP contribution < -0.4 is 11.1 Å². The molecule has 5 nitrogen and oxygen atoms in total. The summed E-state index contributed by atoms with van der Waals surface area (Å²) in [5.41, 5.74) is 6.89. The average molecular weight is 338 g/mol. The van der Waals surface area contributed by atoms with Gasteiger partial charge in [-0.3, -0.25) is 4.79 Å². The van der Waals surface area contributed by atoms with Gasteiger partial charge < -0.3 is 15.5 Å². The Morgan fingerprint density at radius 3 is 2.55 bits per heavy atom. The molecule has 106 valence electrons. The second-order valence-corrected chi connectivity index (χ2v) is 5.52. The van der Waals surface area contributed by atoms with E-state index in [4.69, 9.17) is 10.2 Å². The molecule has 2 aromatic rings. The number of hydrogen-bond acceptors (Lipinski definition) is 4. The molecule has 0 fully saturated rings. The molecule has 1 aromatic heterocycles. The van der Waals surface area contributed by atoms with Gasteiger partial charge in [-0.25, -0.2) is 4.98 Å². The van der Waals surface area contributed by atoms with Gasteiger partial charge in [0.1, 0.15) is 6.26 Å². The van der Waals surface area contributed by atoms with Crippen LogP contribution in [0.5, 0.6) is 0 Å². The number of oxazole rings is 1. The summed E-state index contributed by atoms with van der Waals surface area (Å²) in [5.74, 6) is 0.0718. The van der Waals surface area contributed by atoms with Crippen LogP contribution in [0.15, 0.2) is 39.4 Å². The molecule has 0 bridgehead atoms. The minimum atomic E-state index is -0.333. The van der Waals surface area contributed by atoms with Crippen molar-refractivity contribution < 1.29 is 9.21 Å². The molecule has 2 rings (SSSR count). The third-order valence-corrected chi connectivity index (χ3v) is 3.39. The van der Waals surface area contributed by atoms with Crippen molar-refractivity contribution in [1.82, 2.24) is 10.3 Å². The van der Waals surface area contributed by atoms with Gasteiger partial charge >= 0.3 is 0 Å². The Hall–Kier alpha value is -1.66. The predicted molar refractivity (Wildman–Crippen MR) is 79.1 cm³/mol. The zero-order chi connectivity index (χ0) is 14.7. The lowest BCUT2D eigenvalue weighted by molar-refractivity contribution is 0.0935. The van der Waals surface area contributed by atoms with Gasteiger partial charge in [0.15, 0.2) is 5.69 Å². The molecule has 0 aliphatic rings. The summed E-state index contributed by atoms with van der Waals surface area (Å²) in [7, 11) is 0. The third kappa shape index (κ3) is 3.46. The summed E-state index contributed by atoms with van der Waals surface area (Å²) in [6.45, 7) is 3.66. The lowest BCUT2D eigenvalue weighted by atomic mass is 10.1. The molecule has 1 amide bonds. The number of benzene rings is 1. The third-order valence-electron chi connectivity index (χ3n) is 2.86. The van der Waals surface area contributed by atoms with Crippen LogP contribution in [-0.2, 0) is 0 Å². The van der Waals surface area contributed by atoms with E-state index in [2.05, 4.69) is 26.2 Å². The minimum Gasteiger partial charge on any atom is -0.446 e. The Balaban J connectivity index is 2.04. The topological polar surface area (TPSA) is 81.1 Å². The molecule has 0 radical (unpaired) electrons. The Bertz CT molecular complexity index is 593. The maximum Gasteiger partial charge on any atom is 0.273 e. The summed E-state index contributed by atoms with van der Waals surface area (Å²) in [6, 6.07) is 7.31. The first-order valence-electron chi connectivity index (χ1n) is 6.24. The standard InChI is InChI=1S/C14H16BrN3O2/c1-8(16)14-18-12(7-20-14)13(19)17-9(2)10-3-5-11(15)6-4-10/h3-9H,16H2,1-2H3,(H,17,19). The van der Waals surface area contributed by atoms with E-state index >= 15 is 0 Å². The zero-order valence-corrected chi connectivity index (χ0v) is 12.8. The van der Waals surface area contributed by atoms with Crippen molar-refractivity contribution in [2.75, 3.05) is 0 Å². The van der Waals surface area contributed by atoms with E-state index in [9.17, 15) is 4.79 Å². The highest BCUT2D eigenvalue weighted by Crippen LogP contribution is 2.17. The van der Waals surface area contributed by atoms with Crippen LogP contribution in [0.2, 0.25) is 0 Å². The first-order chi connectivity index (χ1) is 9.47. The van der Waals surface area contributed by atoms with E-state index in [1.807, 2.05) is 31.2 Å². The van der Waals surface area contributed by atoms with Gasteiger partial charge in [0, 0.05) is 4.47 Å². The maximum absolute atomic E-state index is 12.0. The van der Waals surface area contributed by atoms with E-state index in [0.717, 1.165) is 10.0 Å². The fourth-order valence-corrected chi connectivity index (χ4v) is 1.97.